The number of amides is 1. The van der Waals surface area contributed by atoms with E-state index in [2.05, 4.69) is 0 Å². The quantitative estimate of drug-likeness (QED) is 0.656. The highest BCUT2D eigenvalue weighted by molar-refractivity contribution is 6.34. The summed E-state index contributed by atoms with van der Waals surface area (Å²) in [5, 5.41) is 12.3. The van der Waals surface area contributed by atoms with Crippen molar-refractivity contribution in [3.63, 3.8) is 0 Å². The number of alkyl halides is 3. The van der Waals surface area contributed by atoms with Gasteiger partial charge in [-0.15, -0.1) is 0 Å². The van der Waals surface area contributed by atoms with Crippen molar-refractivity contribution in [2.45, 2.75) is 12.7 Å². The second-order valence-corrected chi connectivity index (χ2v) is 5.23. The third kappa shape index (κ3) is 4.35. The predicted octanol–water partition coefficient (Wildman–Crippen LogP) is 3.07. The molecule has 0 saturated heterocycles. The van der Waals surface area contributed by atoms with Crippen LogP contribution in [0.15, 0.2) is 41.3 Å². The van der Waals surface area contributed by atoms with Crippen molar-refractivity contribution in [1.29, 1.82) is 0 Å². The Bertz CT molecular complexity index is 896. The number of nitrogens with zero attached hydrogens (tertiary/aromatic N) is 2. The molecular formula is C14H9ClF3N3O4. The molecule has 1 heterocycles. The van der Waals surface area contributed by atoms with Gasteiger partial charge in [-0.2, -0.15) is 13.2 Å². The van der Waals surface area contributed by atoms with Gasteiger partial charge in [0.15, 0.2) is 0 Å². The first-order chi connectivity index (χ1) is 11.6. The highest BCUT2D eigenvalue weighted by Crippen LogP contribution is 2.38. The molecule has 0 bridgehead atoms. The Hall–Kier alpha value is -2.88. The van der Waals surface area contributed by atoms with E-state index in [1.165, 1.54) is 0 Å². The first-order valence-corrected chi connectivity index (χ1v) is 6.98. The molecule has 0 atom stereocenters. The minimum Gasteiger partial charge on any atom is -0.323 e. The Balaban J connectivity index is 2.29. The first kappa shape index (κ1) is 18.5. The zero-order valence-electron chi connectivity index (χ0n) is 12.2. The van der Waals surface area contributed by atoms with Crippen LogP contribution in [0.2, 0.25) is 5.02 Å². The second-order valence-electron chi connectivity index (χ2n) is 4.82. The number of rotatable bonds is 4. The van der Waals surface area contributed by atoms with E-state index in [-0.39, 0.29) is 5.02 Å². The summed E-state index contributed by atoms with van der Waals surface area (Å²) in [5.74, 6) is -0.999. The van der Waals surface area contributed by atoms with Gasteiger partial charge in [-0.05, 0) is 12.1 Å². The number of halogens is 4. The molecular weight excluding hydrogens is 367 g/mol. The first-order valence-electron chi connectivity index (χ1n) is 6.60. The number of anilines is 1. The lowest BCUT2D eigenvalue weighted by molar-refractivity contribution is -0.385. The largest absolute Gasteiger partial charge is 0.418 e. The average Bonchev–Trinajstić information content (AvgIpc) is 2.50. The van der Waals surface area contributed by atoms with Gasteiger partial charge in [-0.25, -0.2) is 0 Å². The van der Waals surface area contributed by atoms with Gasteiger partial charge < -0.3 is 5.32 Å². The summed E-state index contributed by atoms with van der Waals surface area (Å²) in [6.07, 6.45) is -3.94. The van der Waals surface area contributed by atoms with E-state index < -0.39 is 46.0 Å². The summed E-state index contributed by atoms with van der Waals surface area (Å²) in [6.45, 7) is -0.719. The number of nitro groups is 1. The lowest BCUT2D eigenvalue weighted by Crippen LogP contribution is -2.27. The van der Waals surface area contributed by atoms with Gasteiger partial charge in [0.1, 0.15) is 6.54 Å². The Morgan fingerprint density at radius 3 is 2.56 bits per heavy atom. The van der Waals surface area contributed by atoms with Gasteiger partial charge in [0, 0.05) is 12.1 Å². The molecule has 2 aromatic rings. The third-order valence-electron chi connectivity index (χ3n) is 3.08. The van der Waals surface area contributed by atoms with Crippen molar-refractivity contribution in [2.75, 3.05) is 5.32 Å². The summed E-state index contributed by atoms with van der Waals surface area (Å²) >= 11 is 5.71. The van der Waals surface area contributed by atoms with Crippen LogP contribution in [0.1, 0.15) is 5.56 Å². The molecule has 1 amide bonds. The maximum absolute atomic E-state index is 13.0. The molecule has 132 valence electrons. The molecule has 0 unspecified atom stereocenters. The Morgan fingerprint density at radius 2 is 1.96 bits per heavy atom. The number of carbonyl (C=O) groups is 1. The highest BCUT2D eigenvalue weighted by atomic mass is 35.5. The maximum atomic E-state index is 13.0. The number of hydrogen-bond acceptors (Lipinski definition) is 4. The molecule has 0 aliphatic carbocycles. The minimum atomic E-state index is -4.75. The van der Waals surface area contributed by atoms with Crippen molar-refractivity contribution in [2.24, 2.45) is 0 Å². The molecule has 1 aromatic carbocycles. The number of pyridine rings is 1. The molecule has 2 rings (SSSR count). The van der Waals surface area contributed by atoms with Crippen molar-refractivity contribution in [1.82, 2.24) is 4.57 Å². The van der Waals surface area contributed by atoms with E-state index in [9.17, 15) is 32.9 Å². The SMILES string of the molecule is O=C(Cn1cc([N+](=O)[O-])ccc1=O)Nc1c(Cl)cccc1C(F)(F)F. The number of benzene rings is 1. The van der Waals surface area contributed by atoms with Gasteiger partial charge in [-0.3, -0.25) is 24.3 Å². The summed E-state index contributed by atoms with van der Waals surface area (Å²) in [5.41, 5.74) is -2.98. The van der Waals surface area contributed by atoms with Gasteiger partial charge in [0.05, 0.1) is 27.4 Å². The third-order valence-corrected chi connectivity index (χ3v) is 3.39. The Labute approximate surface area is 142 Å². The fraction of sp³-hybridized carbons (Fsp3) is 0.143. The van der Waals surface area contributed by atoms with Gasteiger partial charge in [0.2, 0.25) is 5.91 Å². The highest BCUT2D eigenvalue weighted by Gasteiger charge is 2.34. The van der Waals surface area contributed by atoms with E-state index in [0.29, 0.717) is 4.57 Å². The number of aromatic nitrogens is 1. The van der Waals surface area contributed by atoms with Crippen LogP contribution >= 0.6 is 11.6 Å². The molecule has 1 aromatic heterocycles. The average molecular weight is 376 g/mol. The van der Waals surface area contributed by atoms with E-state index >= 15 is 0 Å². The maximum Gasteiger partial charge on any atom is 0.418 e. The summed E-state index contributed by atoms with van der Waals surface area (Å²) in [4.78, 5) is 33.5. The van der Waals surface area contributed by atoms with Crippen LogP contribution in [0.3, 0.4) is 0 Å². The van der Waals surface area contributed by atoms with Crippen molar-refractivity contribution < 1.29 is 22.9 Å². The summed E-state index contributed by atoms with van der Waals surface area (Å²) in [7, 11) is 0. The van der Waals surface area contributed by atoms with Crippen LogP contribution in [-0.2, 0) is 17.5 Å². The van der Waals surface area contributed by atoms with Crippen molar-refractivity contribution in [3.05, 3.63) is 67.6 Å². The molecule has 0 spiro atoms. The monoisotopic (exact) mass is 375 g/mol. The van der Waals surface area contributed by atoms with Crippen LogP contribution in [0.5, 0.6) is 0 Å². The standard InChI is InChI=1S/C14H9ClF3N3O4/c15-10-3-1-2-9(14(16,17)18)13(10)19-11(22)7-20-6-8(21(24)25)4-5-12(20)23/h1-6H,7H2,(H,19,22). The lowest BCUT2D eigenvalue weighted by atomic mass is 10.1. The molecule has 0 radical (unpaired) electrons. The zero-order valence-corrected chi connectivity index (χ0v) is 13.0. The fourth-order valence-corrected chi connectivity index (χ4v) is 2.19. The van der Waals surface area contributed by atoms with Gasteiger partial charge >= 0.3 is 6.18 Å². The molecule has 1 N–H and O–H groups in total. The molecule has 25 heavy (non-hydrogen) atoms. The Kier molecular flexibility index (Phi) is 5.12. The molecule has 0 fully saturated rings. The fourth-order valence-electron chi connectivity index (χ4n) is 1.97. The van der Waals surface area contributed by atoms with E-state index in [1.54, 1.807) is 0 Å². The lowest BCUT2D eigenvalue weighted by Gasteiger charge is -2.15. The number of carbonyl (C=O) groups excluding carboxylic acids is 1. The summed E-state index contributed by atoms with van der Waals surface area (Å²) < 4.78 is 39.6. The Morgan fingerprint density at radius 1 is 1.28 bits per heavy atom. The van der Waals surface area contributed by atoms with Gasteiger partial charge in [-0.1, -0.05) is 17.7 Å². The summed E-state index contributed by atoms with van der Waals surface area (Å²) in [6, 6.07) is 4.80. The minimum absolute atomic E-state index is 0.338. The topological polar surface area (TPSA) is 94.2 Å². The van der Waals surface area contributed by atoms with Crippen LogP contribution in [-0.4, -0.2) is 15.4 Å². The molecule has 0 saturated carbocycles. The van der Waals surface area contributed by atoms with E-state index in [0.717, 1.165) is 36.5 Å². The second kappa shape index (κ2) is 6.93. The van der Waals surface area contributed by atoms with Gasteiger partial charge in [0.25, 0.3) is 11.2 Å². The van der Waals surface area contributed by atoms with Crippen LogP contribution in [0, 0.1) is 10.1 Å². The smallest absolute Gasteiger partial charge is 0.323 e. The van der Waals surface area contributed by atoms with Crippen molar-refractivity contribution >= 4 is 28.9 Å². The normalized spacial score (nSPS) is 11.2. The van der Waals surface area contributed by atoms with Crippen LogP contribution in [0.4, 0.5) is 24.5 Å². The van der Waals surface area contributed by atoms with Crippen LogP contribution < -0.4 is 10.9 Å². The number of nitrogens with one attached hydrogen (secondary N) is 1. The van der Waals surface area contributed by atoms with E-state index in [4.69, 9.17) is 11.6 Å². The van der Waals surface area contributed by atoms with E-state index in [1.807, 2.05) is 5.32 Å². The number of hydrogen-bond donors (Lipinski definition) is 1. The molecule has 0 aliphatic rings. The molecule has 7 nitrogen and oxygen atoms in total. The predicted molar refractivity (Wildman–Crippen MR) is 82.4 cm³/mol. The molecule has 11 heteroatoms. The number of para-hydroxylation sites is 1. The van der Waals surface area contributed by atoms with Crippen molar-refractivity contribution in [3.8, 4) is 0 Å². The zero-order chi connectivity index (χ0) is 18.8. The molecule has 0 aliphatic heterocycles. The van der Waals surface area contributed by atoms with Crippen LogP contribution in [0.25, 0.3) is 0 Å².